The molecule has 2 aliphatic carbocycles. The number of carbonyl (C=O) groups excluding carboxylic acids is 1. The molecule has 1 amide bonds. The highest BCUT2D eigenvalue weighted by molar-refractivity contribution is 8.16. The van der Waals surface area contributed by atoms with Crippen molar-refractivity contribution in [2.24, 2.45) is 28.7 Å². The van der Waals surface area contributed by atoms with Gasteiger partial charge in [0.05, 0.1) is 5.04 Å². The molecule has 0 aromatic carbocycles. The van der Waals surface area contributed by atoms with Crippen LogP contribution in [-0.4, -0.2) is 15.7 Å². The van der Waals surface area contributed by atoms with Crippen molar-refractivity contribution in [3.05, 3.63) is 0 Å². The molecule has 3 aliphatic rings. The first-order valence-electron chi connectivity index (χ1n) is 7.86. The van der Waals surface area contributed by atoms with E-state index < -0.39 is 0 Å². The van der Waals surface area contributed by atoms with Crippen LogP contribution in [0.5, 0.6) is 0 Å². The van der Waals surface area contributed by atoms with E-state index in [1.807, 2.05) is 0 Å². The number of nitrogens with zero attached hydrogens (tertiary/aromatic N) is 1. The summed E-state index contributed by atoms with van der Waals surface area (Å²) in [5.41, 5.74) is 0. The average Bonchev–Trinajstić information content (AvgIpc) is 3.03. The third-order valence-electron chi connectivity index (χ3n) is 5.67. The number of carbonyl (C=O) groups is 1. The van der Waals surface area contributed by atoms with Crippen LogP contribution in [-0.2, 0) is 4.79 Å². The lowest BCUT2D eigenvalue weighted by molar-refractivity contribution is -0.120. The van der Waals surface area contributed by atoms with Crippen LogP contribution in [0.25, 0.3) is 0 Å². The van der Waals surface area contributed by atoms with Crippen LogP contribution in [0.4, 0.5) is 0 Å². The fourth-order valence-corrected chi connectivity index (χ4v) is 5.78. The number of hydrogen-bond acceptors (Lipinski definition) is 2. The van der Waals surface area contributed by atoms with E-state index in [4.69, 9.17) is 0 Å². The van der Waals surface area contributed by atoms with Crippen LogP contribution < -0.4 is 0 Å². The van der Waals surface area contributed by atoms with E-state index in [0.29, 0.717) is 5.92 Å². The predicted octanol–water partition coefficient (Wildman–Crippen LogP) is 4.29. The molecule has 2 bridgehead atoms. The fourth-order valence-electron chi connectivity index (χ4n) is 4.42. The molecule has 0 radical (unpaired) electrons. The summed E-state index contributed by atoms with van der Waals surface area (Å²) in [6.45, 7) is 6.44. The Morgan fingerprint density at radius 1 is 1.37 bits per heavy atom. The lowest BCUT2D eigenvalue weighted by atomic mass is 9.87. The average molecular weight is 279 g/mol. The summed E-state index contributed by atoms with van der Waals surface area (Å²) in [7, 11) is 0. The molecule has 0 aromatic heterocycles. The van der Waals surface area contributed by atoms with E-state index in [1.165, 1.54) is 25.7 Å². The highest BCUT2D eigenvalue weighted by atomic mass is 32.2. The Morgan fingerprint density at radius 3 is 2.63 bits per heavy atom. The first-order chi connectivity index (χ1) is 9.05. The fraction of sp³-hybridized carbons (Fsp3) is 0.875. The predicted molar refractivity (Wildman–Crippen MR) is 81.4 cm³/mol. The van der Waals surface area contributed by atoms with Gasteiger partial charge in [0.1, 0.15) is 4.75 Å². The monoisotopic (exact) mass is 279 g/mol. The molecule has 2 nitrogen and oxygen atoms in total. The number of fused-ring (bicyclic) bond motifs is 2. The van der Waals surface area contributed by atoms with Crippen LogP contribution in [0.1, 0.15) is 59.3 Å². The summed E-state index contributed by atoms with van der Waals surface area (Å²) in [5, 5.41) is 1.14. The summed E-state index contributed by atoms with van der Waals surface area (Å²) in [5.74, 6) is 3.24. The van der Waals surface area contributed by atoms with Crippen LogP contribution in [0.3, 0.4) is 0 Å². The smallest absolute Gasteiger partial charge is 0.263 e. The van der Waals surface area contributed by atoms with Gasteiger partial charge in [-0.1, -0.05) is 39.0 Å². The van der Waals surface area contributed by atoms with Crippen molar-refractivity contribution < 1.29 is 4.79 Å². The molecule has 2 fully saturated rings. The SMILES string of the molecule is CC[C@]1(C(C)C)SC(C[C@H]2C[C@@H]3CC[C@H]2C3)=NC1=O. The Morgan fingerprint density at radius 2 is 2.16 bits per heavy atom. The number of rotatable bonds is 4. The van der Waals surface area contributed by atoms with Crippen LogP contribution in [0.2, 0.25) is 0 Å². The zero-order valence-electron chi connectivity index (χ0n) is 12.3. The van der Waals surface area contributed by atoms with Crippen molar-refractivity contribution in [3.63, 3.8) is 0 Å². The van der Waals surface area contributed by atoms with Gasteiger partial charge in [-0.2, -0.15) is 0 Å². The number of amides is 1. The summed E-state index contributed by atoms with van der Waals surface area (Å²) < 4.78 is -0.257. The first kappa shape index (κ1) is 13.7. The molecule has 0 aromatic rings. The zero-order chi connectivity index (χ0) is 13.6. The van der Waals surface area contributed by atoms with Gasteiger partial charge in [-0.05, 0) is 55.8 Å². The Balaban J connectivity index is 1.67. The van der Waals surface area contributed by atoms with E-state index in [2.05, 4.69) is 25.8 Å². The molecule has 0 saturated heterocycles. The second kappa shape index (κ2) is 4.91. The Kier molecular flexibility index (Phi) is 3.53. The minimum atomic E-state index is -0.257. The van der Waals surface area contributed by atoms with E-state index in [1.54, 1.807) is 11.8 Å². The molecule has 3 rings (SSSR count). The molecule has 2 saturated carbocycles. The molecule has 1 heterocycles. The van der Waals surface area contributed by atoms with Crippen molar-refractivity contribution in [1.29, 1.82) is 0 Å². The highest BCUT2D eigenvalue weighted by Crippen LogP contribution is 2.52. The Hall–Kier alpha value is -0.310. The van der Waals surface area contributed by atoms with E-state index >= 15 is 0 Å². The van der Waals surface area contributed by atoms with Gasteiger partial charge in [0.2, 0.25) is 0 Å². The van der Waals surface area contributed by atoms with Crippen molar-refractivity contribution in [2.45, 2.75) is 64.0 Å². The van der Waals surface area contributed by atoms with E-state index in [9.17, 15) is 4.79 Å². The molecular formula is C16H25NOS. The lowest BCUT2D eigenvalue weighted by Crippen LogP contribution is -2.36. The summed E-state index contributed by atoms with van der Waals surface area (Å²) in [6.07, 6.45) is 7.68. The van der Waals surface area contributed by atoms with Crippen LogP contribution in [0.15, 0.2) is 4.99 Å². The molecule has 0 N–H and O–H groups in total. The van der Waals surface area contributed by atoms with Gasteiger partial charge in [-0.25, -0.2) is 4.99 Å². The third-order valence-corrected chi connectivity index (χ3v) is 7.46. The van der Waals surface area contributed by atoms with E-state index in [0.717, 1.165) is 35.6 Å². The minimum Gasteiger partial charge on any atom is -0.271 e. The molecular weight excluding hydrogens is 254 g/mol. The quantitative estimate of drug-likeness (QED) is 0.768. The zero-order valence-corrected chi connectivity index (χ0v) is 13.1. The van der Waals surface area contributed by atoms with Gasteiger partial charge >= 0.3 is 0 Å². The standard InChI is InChI=1S/C16H25NOS/c1-4-16(10(2)3)15(18)17-14(19-16)9-13-8-11-5-6-12(13)7-11/h10-13H,4-9H2,1-3H3/t11-,12+,13-,16-/m1/s1. The lowest BCUT2D eigenvalue weighted by Gasteiger charge is -2.28. The Labute approximate surface area is 120 Å². The molecule has 0 spiro atoms. The van der Waals surface area contributed by atoms with Crippen molar-refractivity contribution >= 4 is 22.7 Å². The number of thioether (sulfide) groups is 1. The summed E-state index contributed by atoms with van der Waals surface area (Å²) >= 11 is 1.79. The second-order valence-electron chi connectivity index (χ2n) is 6.95. The maximum atomic E-state index is 12.3. The maximum Gasteiger partial charge on any atom is 0.263 e. The molecule has 106 valence electrons. The largest absolute Gasteiger partial charge is 0.271 e. The topological polar surface area (TPSA) is 29.4 Å². The van der Waals surface area contributed by atoms with Gasteiger partial charge in [0.15, 0.2) is 0 Å². The number of aliphatic imine (C=N–C) groups is 1. The summed E-state index contributed by atoms with van der Waals surface area (Å²) in [4.78, 5) is 16.7. The molecule has 3 heteroatoms. The second-order valence-corrected chi connectivity index (χ2v) is 8.35. The van der Waals surface area contributed by atoms with E-state index in [-0.39, 0.29) is 10.7 Å². The Bertz CT molecular complexity index is 417. The van der Waals surface area contributed by atoms with Gasteiger partial charge in [0.25, 0.3) is 5.91 Å². The van der Waals surface area contributed by atoms with Crippen LogP contribution in [0, 0.1) is 23.7 Å². The van der Waals surface area contributed by atoms with Crippen molar-refractivity contribution in [3.8, 4) is 0 Å². The number of hydrogen-bond donors (Lipinski definition) is 0. The van der Waals surface area contributed by atoms with Gasteiger partial charge in [-0.3, -0.25) is 4.79 Å². The maximum absolute atomic E-state index is 12.3. The normalized spacial score (nSPS) is 41.4. The molecule has 19 heavy (non-hydrogen) atoms. The van der Waals surface area contributed by atoms with Crippen LogP contribution >= 0.6 is 11.8 Å². The molecule has 0 unspecified atom stereocenters. The molecule has 1 aliphatic heterocycles. The van der Waals surface area contributed by atoms with Gasteiger partial charge in [0, 0.05) is 0 Å². The van der Waals surface area contributed by atoms with Crippen molar-refractivity contribution in [1.82, 2.24) is 0 Å². The third kappa shape index (κ3) is 2.18. The van der Waals surface area contributed by atoms with Gasteiger partial charge < -0.3 is 0 Å². The minimum absolute atomic E-state index is 0.133. The highest BCUT2D eigenvalue weighted by Gasteiger charge is 2.48. The van der Waals surface area contributed by atoms with Crippen molar-refractivity contribution in [2.75, 3.05) is 0 Å². The first-order valence-corrected chi connectivity index (χ1v) is 8.67. The molecule has 4 atom stereocenters. The van der Waals surface area contributed by atoms with Gasteiger partial charge in [-0.15, -0.1) is 0 Å². The summed E-state index contributed by atoms with van der Waals surface area (Å²) in [6, 6.07) is 0.